The SMILES string of the molecule is CCNC(CSC)c1ccc(C(F)(F)F)cc1C. The number of aryl methyl sites for hydroxylation is 1. The maximum Gasteiger partial charge on any atom is 0.416 e. The lowest BCUT2D eigenvalue weighted by molar-refractivity contribution is -0.137. The van der Waals surface area contributed by atoms with Gasteiger partial charge in [-0.05, 0) is 43.0 Å². The third-order valence-corrected chi connectivity index (χ3v) is 3.42. The summed E-state index contributed by atoms with van der Waals surface area (Å²) in [4.78, 5) is 0. The van der Waals surface area contributed by atoms with Crippen LogP contribution in [0.3, 0.4) is 0 Å². The van der Waals surface area contributed by atoms with E-state index >= 15 is 0 Å². The molecule has 1 unspecified atom stereocenters. The molecule has 5 heteroatoms. The Balaban J connectivity index is 3.03. The molecule has 0 heterocycles. The summed E-state index contributed by atoms with van der Waals surface area (Å²) in [5.41, 5.74) is 1.05. The Kier molecular flexibility index (Phi) is 5.53. The van der Waals surface area contributed by atoms with Crippen LogP contribution in [0.4, 0.5) is 13.2 Å². The first-order valence-corrected chi connectivity index (χ1v) is 7.19. The van der Waals surface area contributed by atoms with E-state index < -0.39 is 11.7 Å². The second kappa shape index (κ2) is 6.48. The highest BCUT2D eigenvalue weighted by Gasteiger charge is 2.31. The van der Waals surface area contributed by atoms with Crippen LogP contribution in [0.25, 0.3) is 0 Å². The molecule has 0 saturated heterocycles. The van der Waals surface area contributed by atoms with E-state index in [4.69, 9.17) is 0 Å². The molecular weight excluding hydrogens is 259 g/mol. The van der Waals surface area contributed by atoms with Crippen molar-refractivity contribution < 1.29 is 13.2 Å². The van der Waals surface area contributed by atoms with Gasteiger partial charge in [0.25, 0.3) is 0 Å². The first kappa shape index (κ1) is 15.4. The smallest absolute Gasteiger partial charge is 0.310 e. The number of nitrogens with one attached hydrogen (secondary N) is 1. The Bertz CT molecular complexity index is 384. The van der Waals surface area contributed by atoms with Crippen LogP contribution in [0.15, 0.2) is 18.2 Å². The number of thioether (sulfide) groups is 1. The van der Waals surface area contributed by atoms with Crippen LogP contribution < -0.4 is 5.32 Å². The van der Waals surface area contributed by atoms with Crippen molar-refractivity contribution in [2.75, 3.05) is 18.6 Å². The molecule has 1 aromatic carbocycles. The Morgan fingerprint density at radius 1 is 1.33 bits per heavy atom. The van der Waals surface area contributed by atoms with Gasteiger partial charge in [0, 0.05) is 11.8 Å². The van der Waals surface area contributed by atoms with E-state index in [-0.39, 0.29) is 6.04 Å². The number of hydrogen-bond donors (Lipinski definition) is 1. The standard InChI is InChI=1S/C13H18F3NS/c1-4-17-12(8-18-3)11-6-5-10(7-9(11)2)13(14,15)16/h5-7,12,17H,4,8H2,1-3H3. The number of benzene rings is 1. The van der Waals surface area contributed by atoms with Gasteiger partial charge in [-0.1, -0.05) is 13.0 Å². The number of hydrogen-bond acceptors (Lipinski definition) is 2. The molecule has 1 rings (SSSR count). The van der Waals surface area contributed by atoms with Crippen molar-refractivity contribution in [3.05, 3.63) is 34.9 Å². The third-order valence-electron chi connectivity index (χ3n) is 2.76. The molecule has 0 bridgehead atoms. The average molecular weight is 277 g/mol. The molecule has 1 atom stereocenters. The van der Waals surface area contributed by atoms with Gasteiger partial charge in [0.15, 0.2) is 0 Å². The molecule has 0 aliphatic heterocycles. The Hall–Kier alpha value is -0.680. The molecule has 18 heavy (non-hydrogen) atoms. The van der Waals surface area contributed by atoms with Crippen LogP contribution in [-0.4, -0.2) is 18.6 Å². The predicted octanol–water partition coefficient (Wildman–Crippen LogP) is 4.03. The van der Waals surface area contributed by atoms with E-state index in [0.29, 0.717) is 5.56 Å². The number of rotatable bonds is 5. The lowest BCUT2D eigenvalue weighted by atomic mass is 9.99. The summed E-state index contributed by atoms with van der Waals surface area (Å²) in [5.74, 6) is 0.847. The predicted molar refractivity (Wildman–Crippen MR) is 71.0 cm³/mol. The minimum atomic E-state index is -4.27. The molecular formula is C13H18F3NS. The molecule has 1 nitrogen and oxygen atoms in total. The number of alkyl halides is 3. The largest absolute Gasteiger partial charge is 0.416 e. The van der Waals surface area contributed by atoms with Crippen LogP contribution in [0, 0.1) is 6.92 Å². The van der Waals surface area contributed by atoms with Crippen molar-refractivity contribution in [1.29, 1.82) is 0 Å². The summed E-state index contributed by atoms with van der Waals surface area (Å²) >= 11 is 1.68. The molecule has 0 saturated carbocycles. The maximum absolute atomic E-state index is 12.6. The third kappa shape index (κ3) is 3.92. The van der Waals surface area contributed by atoms with Crippen LogP contribution in [0.5, 0.6) is 0 Å². The minimum absolute atomic E-state index is 0.104. The molecule has 0 spiro atoms. The molecule has 0 amide bonds. The van der Waals surface area contributed by atoms with Gasteiger partial charge < -0.3 is 5.32 Å². The summed E-state index contributed by atoms with van der Waals surface area (Å²) in [6, 6.07) is 4.07. The molecule has 0 fully saturated rings. The summed E-state index contributed by atoms with van der Waals surface area (Å²) in [7, 11) is 0. The van der Waals surface area contributed by atoms with Gasteiger partial charge in [-0.25, -0.2) is 0 Å². The lowest BCUT2D eigenvalue weighted by Crippen LogP contribution is -2.24. The van der Waals surface area contributed by atoms with Crippen molar-refractivity contribution in [2.45, 2.75) is 26.1 Å². The van der Waals surface area contributed by atoms with Crippen molar-refractivity contribution in [3.63, 3.8) is 0 Å². The van der Waals surface area contributed by atoms with E-state index in [1.807, 2.05) is 13.2 Å². The lowest BCUT2D eigenvalue weighted by Gasteiger charge is -2.20. The fraction of sp³-hybridized carbons (Fsp3) is 0.538. The zero-order valence-electron chi connectivity index (χ0n) is 10.8. The van der Waals surface area contributed by atoms with E-state index in [1.165, 1.54) is 6.07 Å². The molecule has 1 N–H and O–H groups in total. The Morgan fingerprint density at radius 3 is 2.44 bits per heavy atom. The fourth-order valence-electron chi connectivity index (χ4n) is 1.91. The molecule has 0 aromatic heterocycles. The zero-order chi connectivity index (χ0) is 13.8. The monoisotopic (exact) mass is 277 g/mol. The zero-order valence-corrected chi connectivity index (χ0v) is 11.6. The van der Waals surface area contributed by atoms with Gasteiger partial charge in [0.1, 0.15) is 0 Å². The van der Waals surface area contributed by atoms with Crippen LogP contribution >= 0.6 is 11.8 Å². The average Bonchev–Trinajstić information content (AvgIpc) is 2.27. The fourth-order valence-corrected chi connectivity index (χ4v) is 2.55. The van der Waals surface area contributed by atoms with Gasteiger partial charge in [-0.15, -0.1) is 0 Å². The summed E-state index contributed by atoms with van der Waals surface area (Å²) in [5, 5.41) is 3.30. The van der Waals surface area contributed by atoms with Crippen molar-refractivity contribution in [2.24, 2.45) is 0 Å². The van der Waals surface area contributed by atoms with E-state index in [2.05, 4.69) is 5.32 Å². The molecule has 1 aromatic rings. The van der Waals surface area contributed by atoms with E-state index in [1.54, 1.807) is 24.8 Å². The van der Waals surface area contributed by atoms with Crippen molar-refractivity contribution >= 4 is 11.8 Å². The van der Waals surface area contributed by atoms with Crippen molar-refractivity contribution in [1.82, 2.24) is 5.32 Å². The summed E-state index contributed by atoms with van der Waals surface area (Å²) in [6.07, 6.45) is -2.28. The normalized spacial score (nSPS) is 13.7. The number of halogens is 3. The van der Waals surface area contributed by atoms with Crippen LogP contribution in [0.2, 0.25) is 0 Å². The topological polar surface area (TPSA) is 12.0 Å². The van der Waals surface area contributed by atoms with Gasteiger partial charge in [-0.3, -0.25) is 0 Å². The summed E-state index contributed by atoms with van der Waals surface area (Å²) < 4.78 is 37.7. The second-order valence-electron chi connectivity index (χ2n) is 4.13. The van der Waals surface area contributed by atoms with Crippen LogP contribution in [-0.2, 0) is 6.18 Å². The first-order chi connectivity index (χ1) is 8.40. The highest BCUT2D eigenvalue weighted by Crippen LogP contribution is 2.32. The quantitative estimate of drug-likeness (QED) is 0.872. The Labute approximate surface area is 110 Å². The molecule has 0 radical (unpaired) electrons. The first-order valence-electron chi connectivity index (χ1n) is 5.80. The van der Waals surface area contributed by atoms with E-state index in [0.717, 1.165) is 23.9 Å². The minimum Gasteiger partial charge on any atom is -0.310 e. The van der Waals surface area contributed by atoms with Gasteiger partial charge >= 0.3 is 6.18 Å². The van der Waals surface area contributed by atoms with Gasteiger partial charge in [0.05, 0.1) is 5.56 Å². The molecule has 0 aliphatic rings. The second-order valence-corrected chi connectivity index (χ2v) is 5.05. The highest BCUT2D eigenvalue weighted by molar-refractivity contribution is 7.98. The maximum atomic E-state index is 12.6. The van der Waals surface area contributed by atoms with Gasteiger partial charge in [0.2, 0.25) is 0 Å². The summed E-state index contributed by atoms with van der Waals surface area (Å²) in [6.45, 7) is 4.52. The highest BCUT2D eigenvalue weighted by atomic mass is 32.2. The van der Waals surface area contributed by atoms with Gasteiger partial charge in [-0.2, -0.15) is 24.9 Å². The molecule has 102 valence electrons. The van der Waals surface area contributed by atoms with Crippen LogP contribution in [0.1, 0.15) is 29.7 Å². The Morgan fingerprint density at radius 2 is 2.00 bits per heavy atom. The van der Waals surface area contributed by atoms with E-state index in [9.17, 15) is 13.2 Å². The molecule has 0 aliphatic carbocycles. The van der Waals surface area contributed by atoms with Crippen molar-refractivity contribution in [3.8, 4) is 0 Å².